The fourth-order valence-electron chi connectivity index (χ4n) is 4.16. The first-order valence-electron chi connectivity index (χ1n) is 9.08. The van der Waals surface area contributed by atoms with E-state index in [1.54, 1.807) is 24.3 Å². The Hall–Kier alpha value is -1.26. The van der Waals surface area contributed by atoms with E-state index in [9.17, 15) is 4.79 Å². The van der Waals surface area contributed by atoms with Crippen LogP contribution in [-0.4, -0.2) is 36.0 Å². The van der Waals surface area contributed by atoms with Crippen molar-refractivity contribution in [2.75, 3.05) is 25.4 Å². The van der Waals surface area contributed by atoms with Crippen molar-refractivity contribution >= 4 is 24.0 Å². The molecule has 1 amide bonds. The molecule has 0 atom stereocenters. The second-order valence-electron chi connectivity index (χ2n) is 7.14. The summed E-state index contributed by atoms with van der Waals surface area (Å²) in [6.45, 7) is 3.16. The summed E-state index contributed by atoms with van der Waals surface area (Å²) >= 11 is 0. The van der Waals surface area contributed by atoms with Crippen LogP contribution in [0.4, 0.5) is 5.69 Å². The van der Waals surface area contributed by atoms with Gasteiger partial charge in [-0.3, -0.25) is 9.69 Å². The first-order chi connectivity index (χ1) is 11.2. The van der Waals surface area contributed by atoms with Gasteiger partial charge in [0, 0.05) is 23.3 Å². The fourth-order valence-corrected chi connectivity index (χ4v) is 4.16. The Bertz CT molecular complexity index is 520. The van der Waals surface area contributed by atoms with E-state index in [-0.39, 0.29) is 23.9 Å². The van der Waals surface area contributed by atoms with Gasteiger partial charge < -0.3 is 11.1 Å². The SMILES string of the molecule is Cl.Nc1ccc(C(=O)NCC2(N3CCCCC3)CCCCC2)cc1. The number of hydrogen-bond acceptors (Lipinski definition) is 3. The highest BCUT2D eigenvalue weighted by Gasteiger charge is 2.38. The van der Waals surface area contributed by atoms with Gasteiger partial charge in [0.2, 0.25) is 0 Å². The Kier molecular flexibility index (Phi) is 6.93. The molecule has 1 saturated carbocycles. The molecule has 1 heterocycles. The summed E-state index contributed by atoms with van der Waals surface area (Å²) in [5.74, 6) is 0.0203. The number of carbonyl (C=O) groups is 1. The lowest BCUT2D eigenvalue weighted by molar-refractivity contribution is 0.0326. The van der Waals surface area contributed by atoms with Crippen molar-refractivity contribution in [2.24, 2.45) is 0 Å². The van der Waals surface area contributed by atoms with Gasteiger partial charge in [0.1, 0.15) is 0 Å². The highest BCUT2D eigenvalue weighted by atomic mass is 35.5. The molecule has 1 aromatic rings. The van der Waals surface area contributed by atoms with E-state index in [2.05, 4.69) is 10.2 Å². The van der Waals surface area contributed by atoms with Crippen molar-refractivity contribution in [1.82, 2.24) is 10.2 Å². The molecule has 0 spiro atoms. The van der Waals surface area contributed by atoms with Crippen LogP contribution in [0.3, 0.4) is 0 Å². The predicted octanol–water partition coefficient (Wildman–Crippen LogP) is 3.61. The maximum Gasteiger partial charge on any atom is 0.251 e. The molecule has 5 heteroatoms. The van der Waals surface area contributed by atoms with Crippen molar-refractivity contribution in [3.63, 3.8) is 0 Å². The average Bonchev–Trinajstić information content (AvgIpc) is 2.62. The molecule has 2 fully saturated rings. The number of halogens is 1. The molecule has 4 nitrogen and oxygen atoms in total. The van der Waals surface area contributed by atoms with E-state index in [0.717, 1.165) is 6.54 Å². The van der Waals surface area contributed by atoms with Crippen LogP contribution in [0.25, 0.3) is 0 Å². The van der Waals surface area contributed by atoms with E-state index in [4.69, 9.17) is 5.73 Å². The number of likely N-dealkylation sites (tertiary alicyclic amines) is 1. The molecule has 3 rings (SSSR count). The third-order valence-corrected chi connectivity index (χ3v) is 5.56. The first kappa shape index (κ1) is 19.1. The van der Waals surface area contributed by atoms with Gasteiger partial charge in [-0.05, 0) is 63.0 Å². The summed E-state index contributed by atoms with van der Waals surface area (Å²) in [6.07, 6.45) is 10.3. The van der Waals surface area contributed by atoms with Crippen LogP contribution in [0.1, 0.15) is 61.7 Å². The predicted molar refractivity (Wildman–Crippen MR) is 102 cm³/mol. The van der Waals surface area contributed by atoms with Crippen LogP contribution >= 0.6 is 12.4 Å². The van der Waals surface area contributed by atoms with Gasteiger partial charge in [0.05, 0.1) is 0 Å². The summed E-state index contributed by atoms with van der Waals surface area (Å²) in [4.78, 5) is 15.1. The second kappa shape index (κ2) is 8.72. The van der Waals surface area contributed by atoms with Crippen molar-refractivity contribution < 1.29 is 4.79 Å². The average molecular weight is 352 g/mol. The van der Waals surface area contributed by atoms with Crippen LogP contribution in [0.15, 0.2) is 24.3 Å². The minimum atomic E-state index is 0. The Morgan fingerprint density at radius 2 is 1.58 bits per heavy atom. The minimum absolute atomic E-state index is 0. The van der Waals surface area contributed by atoms with Gasteiger partial charge in [0.15, 0.2) is 0 Å². The Morgan fingerprint density at radius 3 is 2.21 bits per heavy atom. The van der Waals surface area contributed by atoms with E-state index < -0.39 is 0 Å². The lowest BCUT2D eigenvalue weighted by Crippen LogP contribution is -2.58. The molecular formula is C19H30ClN3O. The van der Waals surface area contributed by atoms with Crippen LogP contribution in [0, 0.1) is 0 Å². The van der Waals surface area contributed by atoms with Gasteiger partial charge in [-0.2, -0.15) is 0 Å². The first-order valence-corrected chi connectivity index (χ1v) is 9.08. The monoisotopic (exact) mass is 351 g/mol. The van der Waals surface area contributed by atoms with Crippen molar-refractivity contribution in [2.45, 2.75) is 56.9 Å². The van der Waals surface area contributed by atoms with Crippen LogP contribution < -0.4 is 11.1 Å². The number of nitrogens with zero attached hydrogens (tertiary/aromatic N) is 1. The molecule has 2 aliphatic rings. The zero-order valence-corrected chi connectivity index (χ0v) is 15.2. The number of anilines is 1. The molecule has 0 aromatic heterocycles. The number of nitrogen functional groups attached to an aromatic ring is 1. The smallest absolute Gasteiger partial charge is 0.251 e. The number of rotatable bonds is 4. The number of hydrogen-bond donors (Lipinski definition) is 2. The van der Waals surface area contributed by atoms with Crippen molar-refractivity contribution in [1.29, 1.82) is 0 Å². The van der Waals surface area contributed by atoms with E-state index >= 15 is 0 Å². The van der Waals surface area contributed by atoms with E-state index in [0.29, 0.717) is 11.3 Å². The maximum absolute atomic E-state index is 12.5. The minimum Gasteiger partial charge on any atom is -0.399 e. The number of piperidine rings is 1. The highest BCUT2D eigenvalue weighted by molar-refractivity contribution is 5.94. The van der Waals surface area contributed by atoms with Crippen LogP contribution in [0.2, 0.25) is 0 Å². The fraction of sp³-hybridized carbons (Fsp3) is 0.632. The summed E-state index contributed by atoms with van der Waals surface area (Å²) in [6, 6.07) is 7.18. The van der Waals surface area contributed by atoms with Crippen molar-refractivity contribution in [3.05, 3.63) is 29.8 Å². The van der Waals surface area contributed by atoms with Gasteiger partial charge in [-0.15, -0.1) is 12.4 Å². The Morgan fingerprint density at radius 1 is 1.00 bits per heavy atom. The molecule has 1 aliphatic heterocycles. The number of nitrogens with two attached hydrogens (primary N) is 1. The zero-order valence-electron chi connectivity index (χ0n) is 14.4. The van der Waals surface area contributed by atoms with Crippen LogP contribution in [0.5, 0.6) is 0 Å². The van der Waals surface area contributed by atoms with Gasteiger partial charge in [-0.1, -0.05) is 25.7 Å². The van der Waals surface area contributed by atoms with Gasteiger partial charge in [0.25, 0.3) is 5.91 Å². The molecule has 0 radical (unpaired) electrons. The quantitative estimate of drug-likeness (QED) is 0.815. The molecule has 1 aliphatic carbocycles. The third kappa shape index (κ3) is 4.42. The molecule has 24 heavy (non-hydrogen) atoms. The molecule has 134 valence electrons. The lowest BCUT2D eigenvalue weighted by Gasteiger charge is -2.48. The standard InChI is InChI=1S/C19H29N3O.ClH/c20-17-9-7-16(8-10-17)18(23)21-15-19(11-3-1-4-12-19)22-13-5-2-6-14-22;/h7-10H,1-6,11-15,20H2,(H,21,23);1H. The number of amides is 1. The highest BCUT2D eigenvalue weighted by Crippen LogP contribution is 2.35. The number of benzene rings is 1. The molecule has 0 bridgehead atoms. The van der Waals surface area contributed by atoms with Crippen molar-refractivity contribution in [3.8, 4) is 0 Å². The molecule has 1 saturated heterocycles. The van der Waals surface area contributed by atoms with Crippen LogP contribution in [-0.2, 0) is 0 Å². The Labute approximate surface area is 151 Å². The largest absolute Gasteiger partial charge is 0.399 e. The Balaban J connectivity index is 0.00000208. The van der Waals surface area contributed by atoms with Gasteiger partial charge >= 0.3 is 0 Å². The molecule has 0 unspecified atom stereocenters. The molecular weight excluding hydrogens is 322 g/mol. The molecule has 3 N–H and O–H groups in total. The van der Waals surface area contributed by atoms with Gasteiger partial charge in [-0.25, -0.2) is 0 Å². The zero-order chi connectivity index (χ0) is 16.1. The summed E-state index contributed by atoms with van der Waals surface area (Å²) in [5, 5.41) is 3.20. The summed E-state index contributed by atoms with van der Waals surface area (Å²) < 4.78 is 0. The second-order valence-corrected chi connectivity index (χ2v) is 7.14. The summed E-state index contributed by atoms with van der Waals surface area (Å²) in [7, 11) is 0. The number of nitrogens with one attached hydrogen (secondary N) is 1. The topological polar surface area (TPSA) is 58.4 Å². The van der Waals surface area contributed by atoms with E-state index in [1.807, 2.05) is 0 Å². The lowest BCUT2D eigenvalue weighted by atomic mass is 9.79. The summed E-state index contributed by atoms with van der Waals surface area (Å²) in [5.41, 5.74) is 7.27. The van der Waals surface area contributed by atoms with E-state index in [1.165, 1.54) is 64.5 Å². The molecule has 1 aromatic carbocycles. The number of carbonyl (C=O) groups excluding carboxylic acids is 1. The third-order valence-electron chi connectivity index (χ3n) is 5.56. The normalized spacial score (nSPS) is 20.8. The maximum atomic E-state index is 12.5.